The van der Waals surface area contributed by atoms with Crippen molar-refractivity contribution in [2.75, 3.05) is 0 Å². The smallest absolute Gasteiger partial charge is 0.303 e. The van der Waals surface area contributed by atoms with E-state index in [1.807, 2.05) is 5.38 Å². The zero-order valence-electron chi connectivity index (χ0n) is 8.28. The molecule has 8 heteroatoms. The summed E-state index contributed by atoms with van der Waals surface area (Å²) in [5, 5.41) is 21.6. The van der Waals surface area contributed by atoms with Gasteiger partial charge in [-0.2, -0.15) is 0 Å². The average Bonchev–Trinajstić information content (AvgIpc) is 2.84. The lowest BCUT2D eigenvalue weighted by molar-refractivity contribution is -0.137. The van der Waals surface area contributed by atoms with E-state index in [0.717, 1.165) is 0 Å². The SMILES string of the molecule is O=C(O)CCCn1nnnc1-c1cscn1. The molecule has 2 aromatic rings. The van der Waals surface area contributed by atoms with Gasteiger partial charge < -0.3 is 5.11 Å². The number of tetrazole rings is 1. The van der Waals surface area contributed by atoms with Crippen LogP contribution in [0.4, 0.5) is 0 Å². The number of aliphatic carboxylic acids is 1. The number of carboxylic acid groups (broad SMARTS) is 1. The van der Waals surface area contributed by atoms with Crippen LogP contribution in [0.5, 0.6) is 0 Å². The molecule has 1 N–H and O–H groups in total. The summed E-state index contributed by atoms with van der Waals surface area (Å²) in [4.78, 5) is 14.5. The number of thiazole rings is 1. The van der Waals surface area contributed by atoms with Gasteiger partial charge in [-0.3, -0.25) is 4.79 Å². The highest BCUT2D eigenvalue weighted by molar-refractivity contribution is 7.07. The van der Waals surface area contributed by atoms with E-state index in [2.05, 4.69) is 20.5 Å². The van der Waals surface area contributed by atoms with Gasteiger partial charge in [-0.15, -0.1) is 16.4 Å². The summed E-state index contributed by atoms with van der Waals surface area (Å²) in [5.74, 6) is -0.241. The van der Waals surface area contributed by atoms with Gasteiger partial charge in [0.05, 0.1) is 5.51 Å². The zero-order valence-corrected chi connectivity index (χ0v) is 9.09. The highest BCUT2D eigenvalue weighted by Gasteiger charge is 2.10. The molecule has 7 nitrogen and oxygen atoms in total. The molecule has 2 rings (SSSR count). The minimum atomic E-state index is -0.816. The van der Waals surface area contributed by atoms with E-state index >= 15 is 0 Å². The second-order valence-corrected chi connectivity index (χ2v) is 3.82. The predicted octanol–water partition coefficient (Wildman–Crippen LogP) is 0.661. The number of carboxylic acids is 1. The number of hydrogen-bond donors (Lipinski definition) is 1. The Hall–Kier alpha value is -1.83. The molecule has 0 unspecified atom stereocenters. The molecule has 0 aliphatic heterocycles. The highest BCUT2D eigenvalue weighted by Crippen LogP contribution is 2.15. The maximum Gasteiger partial charge on any atom is 0.303 e. The Morgan fingerprint density at radius 3 is 3.12 bits per heavy atom. The van der Waals surface area contributed by atoms with E-state index in [9.17, 15) is 4.79 Å². The van der Waals surface area contributed by atoms with Gasteiger partial charge in [0, 0.05) is 18.3 Å². The zero-order chi connectivity index (χ0) is 11.4. The van der Waals surface area contributed by atoms with E-state index in [1.165, 1.54) is 11.3 Å². The van der Waals surface area contributed by atoms with Crippen LogP contribution in [0, 0.1) is 0 Å². The molecule has 0 saturated heterocycles. The van der Waals surface area contributed by atoms with Crippen LogP contribution in [0.25, 0.3) is 11.5 Å². The first-order valence-electron chi connectivity index (χ1n) is 4.64. The fraction of sp³-hybridized carbons (Fsp3) is 0.375. The Morgan fingerprint density at radius 2 is 2.44 bits per heavy atom. The lowest BCUT2D eigenvalue weighted by atomic mass is 10.3. The van der Waals surface area contributed by atoms with Crippen molar-refractivity contribution in [1.82, 2.24) is 25.2 Å². The van der Waals surface area contributed by atoms with Gasteiger partial charge in [-0.05, 0) is 16.8 Å². The Bertz CT molecular complexity index is 466. The van der Waals surface area contributed by atoms with Crippen molar-refractivity contribution in [3.8, 4) is 11.5 Å². The van der Waals surface area contributed by atoms with E-state index in [0.29, 0.717) is 24.5 Å². The molecule has 0 spiro atoms. The summed E-state index contributed by atoms with van der Waals surface area (Å²) < 4.78 is 1.57. The lowest BCUT2D eigenvalue weighted by Gasteiger charge is -2.00. The summed E-state index contributed by atoms with van der Waals surface area (Å²) >= 11 is 1.46. The summed E-state index contributed by atoms with van der Waals surface area (Å²) in [6, 6.07) is 0. The van der Waals surface area contributed by atoms with Gasteiger partial charge in [0.1, 0.15) is 5.69 Å². The van der Waals surface area contributed by atoms with Crippen LogP contribution in [-0.2, 0) is 11.3 Å². The summed E-state index contributed by atoms with van der Waals surface area (Å²) in [5.41, 5.74) is 2.41. The van der Waals surface area contributed by atoms with Gasteiger partial charge >= 0.3 is 5.97 Å². The number of aromatic nitrogens is 5. The average molecular weight is 239 g/mol. The third kappa shape index (κ3) is 2.40. The minimum Gasteiger partial charge on any atom is -0.481 e. The van der Waals surface area contributed by atoms with E-state index in [-0.39, 0.29) is 6.42 Å². The Labute approximate surface area is 94.7 Å². The summed E-state index contributed by atoms with van der Waals surface area (Å²) in [7, 11) is 0. The van der Waals surface area contributed by atoms with Gasteiger partial charge in [0.15, 0.2) is 0 Å². The molecule has 0 aromatic carbocycles. The second-order valence-electron chi connectivity index (χ2n) is 3.10. The Kier molecular flexibility index (Phi) is 3.20. The van der Waals surface area contributed by atoms with Crippen molar-refractivity contribution < 1.29 is 9.90 Å². The van der Waals surface area contributed by atoms with Gasteiger partial charge in [0.25, 0.3) is 0 Å². The molecular formula is C8H9N5O2S. The monoisotopic (exact) mass is 239 g/mol. The van der Waals surface area contributed by atoms with E-state index < -0.39 is 5.97 Å². The highest BCUT2D eigenvalue weighted by atomic mass is 32.1. The maximum atomic E-state index is 10.4. The Morgan fingerprint density at radius 1 is 1.56 bits per heavy atom. The minimum absolute atomic E-state index is 0.108. The fourth-order valence-corrected chi connectivity index (χ4v) is 1.77. The number of nitrogens with zero attached hydrogens (tertiary/aromatic N) is 5. The first-order valence-corrected chi connectivity index (χ1v) is 5.58. The van der Waals surface area contributed by atoms with Crippen LogP contribution in [0.2, 0.25) is 0 Å². The molecule has 84 valence electrons. The van der Waals surface area contributed by atoms with E-state index in [4.69, 9.17) is 5.11 Å². The third-order valence-electron chi connectivity index (χ3n) is 1.95. The van der Waals surface area contributed by atoms with Gasteiger partial charge in [-0.25, -0.2) is 9.67 Å². The van der Waals surface area contributed by atoms with Crippen molar-refractivity contribution in [1.29, 1.82) is 0 Å². The van der Waals surface area contributed by atoms with Crippen molar-refractivity contribution in [3.63, 3.8) is 0 Å². The molecule has 0 aliphatic carbocycles. The van der Waals surface area contributed by atoms with Crippen LogP contribution in [0.1, 0.15) is 12.8 Å². The number of rotatable bonds is 5. The number of carbonyl (C=O) groups is 1. The first kappa shape index (κ1) is 10.7. The predicted molar refractivity (Wildman–Crippen MR) is 55.8 cm³/mol. The first-order chi connectivity index (χ1) is 7.77. The lowest BCUT2D eigenvalue weighted by Crippen LogP contribution is -2.05. The molecule has 0 atom stereocenters. The summed E-state index contributed by atoms with van der Waals surface area (Å²) in [6.07, 6.45) is 0.605. The molecule has 0 bridgehead atoms. The van der Waals surface area contributed by atoms with Crippen molar-refractivity contribution in [3.05, 3.63) is 10.9 Å². The quantitative estimate of drug-likeness (QED) is 0.823. The molecule has 0 radical (unpaired) electrons. The topological polar surface area (TPSA) is 93.8 Å². The van der Waals surface area contributed by atoms with Crippen molar-refractivity contribution in [2.24, 2.45) is 0 Å². The molecule has 0 fully saturated rings. The van der Waals surface area contributed by atoms with Crippen LogP contribution in [0.15, 0.2) is 10.9 Å². The van der Waals surface area contributed by atoms with Crippen molar-refractivity contribution in [2.45, 2.75) is 19.4 Å². The number of aryl methyl sites for hydroxylation is 1. The third-order valence-corrected chi connectivity index (χ3v) is 2.54. The van der Waals surface area contributed by atoms with Gasteiger partial charge in [0.2, 0.25) is 5.82 Å². The molecular weight excluding hydrogens is 230 g/mol. The fourth-order valence-electron chi connectivity index (χ4n) is 1.24. The standard InChI is InChI=1S/C8H9N5O2S/c14-7(15)2-1-3-13-8(10-11-12-13)6-4-16-5-9-6/h4-5H,1-3H2,(H,14,15). The molecule has 16 heavy (non-hydrogen) atoms. The molecule has 0 aliphatic rings. The van der Waals surface area contributed by atoms with Crippen LogP contribution in [0.3, 0.4) is 0 Å². The van der Waals surface area contributed by atoms with Crippen LogP contribution >= 0.6 is 11.3 Å². The maximum absolute atomic E-state index is 10.4. The normalized spacial score (nSPS) is 10.5. The molecule has 0 saturated carbocycles. The van der Waals surface area contributed by atoms with Crippen molar-refractivity contribution >= 4 is 17.3 Å². The Balaban J connectivity index is 2.05. The van der Waals surface area contributed by atoms with Crippen LogP contribution < -0.4 is 0 Å². The van der Waals surface area contributed by atoms with Gasteiger partial charge in [-0.1, -0.05) is 0 Å². The summed E-state index contributed by atoms with van der Waals surface area (Å²) in [6.45, 7) is 0.478. The molecule has 2 aromatic heterocycles. The number of hydrogen-bond acceptors (Lipinski definition) is 6. The largest absolute Gasteiger partial charge is 0.481 e. The molecule has 2 heterocycles. The van der Waals surface area contributed by atoms with Crippen LogP contribution in [-0.4, -0.2) is 36.3 Å². The van der Waals surface area contributed by atoms with E-state index in [1.54, 1.807) is 10.2 Å². The second kappa shape index (κ2) is 4.79. The molecule has 0 amide bonds.